The first-order valence-corrected chi connectivity index (χ1v) is 12.6. The highest BCUT2D eigenvalue weighted by molar-refractivity contribution is 7.98. The molecule has 32 heavy (non-hydrogen) atoms. The van der Waals surface area contributed by atoms with Crippen molar-refractivity contribution < 1.29 is 19.0 Å². The first kappa shape index (κ1) is 22.5. The van der Waals surface area contributed by atoms with Gasteiger partial charge in [-0.05, 0) is 67.6 Å². The summed E-state index contributed by atoms with van der Waals surface area (Å²) in [7, 11) is 1.61. The van der Waals surface area contributed by atoms with Gasteiger partial charge in [0, 0.05) is 29.3 Å². The SMILES string of the molecule is COc1ccc(OC(=O)N2CCC(c3nc(COc4ccc(SC)cc4)cs3)CC2)cc1. The van der Waals surface area contributed by atoms with Gasteiger partial charge in [0.05, 0.1) is 17.8 Å². The van der Waals surface area contributed by atoms with Crippen molar-refractivity contribution in [2.24, 2.45) is 0 Å². The first-order chi connectivity index (χ1) is 15.6. The molecule has 1 fully saturated rings. The van der Waals surface area contributed by atoms with Crippen LogP contribution in [-0.4, -0.2) is 42.4 Å². The summed E-state index contributed by atoms with van der Waals surface area (Å²) < 4.78 is 16.5. The standard InChI is InChI=1S/C24H26N2O4S2/c1-28-19-3-5-21(6-4-19)30-24(27)26-13-11-17(12-14-26)23-25-18(16-32-23)15-29-20-7-9-22(31-2)10-8-20/h3-10,16-17H,11-15H2,1-2H3. The van der Waals surface area contributed by atoms with E-state index in [1.165, 1.54) is 4.90 Å². The Morgan fingerprint density at radius 2 is 1.72 bits per heavy atom. The van der Waals surface area contributed by atoms with E-state index in [0.717, 1.165) is 35.0 Å². The molecule has 1 saturated heterocycles. The van der Waals surface area contributed by atoms with E-state index in [1.54, 1.807) is 59.4 Å². The Labute approximate surface area is 196 Å². The third-order valence-electron chi connectivity index (χ3n) is 5.38. The second-order valence-electron chi connectivity index (χ2n) is 7.45. The highest BCUT2D eigenvalue weighted by Gasteiger charge is 2.26. The Balaban J connectivity index is 1.25. The zero-order chi connectivity index (χ0) is 22.3. The Hall–Kier alpha value is -2.71. The van der Waals surface area contributed by atoms with Crippen molar-refractivity contribution in [2.45, 2.75) is 30.3 Å². The van der Waals surface area contributed by atoms with E-state index in [2.05, 4.69) is 23.8 Å². The van der Waals surface area contributed by atoms with Crippen LogP contribution in [0.1, 0.15) is 29.5 Å². The number of rotatable bonds is 7. The summed E-state index contributed by atoms with van der Waals surface area (Å²) in [6.07, 6.45) is 3.50. The molecule has 2 aromatic carbocycles. The molecule has 0 N–H and O–H groups in total. The van der Waals surface area contributed by atoms with Crippen LogP contribution >= 0.6 is 23.1 Å². The largest absolute Gasteiger partial charge is 0.497 e. The summed E-state index contributed by atoms with van der Waals surface area (Å²) in [6, 6.07) is 15.1. The van der Waals surface area contributed by atoms with Gasteiger partial charge in [0.1, 0.15) is 23.9 Å². The smallest absolute Gasteiger partial charge is 0.415 e. The van der Waals surface area contributed by atoms with Crippen LogP contribution in [0.25, 0.3) is 0 Å². The number of nitrogens with zero attached hydrogens (tertiary/aromatic N) is 2. The molecule has 0 unspecified atom stereocenters. The summed E-state index contributed by atoms with van der Waals surface area (Å²) in [5.41, 5.74) is 0.945. The van der Waals surface area contributed by atoms with E-state index in [9.17, 15) is 4.79 Å². The topological polar surface area (TPSA) is 60.9 Å². The van der Waals surface area contributed by atoms with Crippen LogP contribution in [-0.2, 0) is 6.61 Å². The molecule has 0 saturated carbocycles. The maximum absolute atomic E-state index is 12.5. The van der Waals surface area contributed by atoms with E-state index in [1.807, 2.05) is 12.1 Å². The summed E-state index contributed by atoms with van der Waals surface area (Å²) in [4.78, 5) is 20.2. The fourth-order valence-electron chi connectivity index (χ4n) is 3.52. The Morgan fingerprint density at radius 3 is 2.38 bits per heavy atom. The minimum absolute atomic E-state index is 0.311. The van der Waals surface area contributed by atoms with Crippen molar-refractivity contribution in [3.8, 4) is 17.2 Å². The van der Waals surface area contributed by atoms with E-state index < -0.39 is 0 Å². The maximum Gasteiger partial charge on any atom is 0.415 e. The number of thioether (sulfide) groups is 1. The number of likely N-dealkylation sites (tertiary alicyclic amines) is 1. The normalized spacial score (nSPS) is 14.2. The number of methoxy groups -OCH3 is 1. The van der Waals surface area contributed by atoms with Crippen molar-refractivity contribution in [1.82, 2.24) is 9.88 Å². The van der Waals surface area contributed by atoms with E-state index in [4.69, 9.17) is 19.2 Å². The van der Waals surface area contributed by atoms with E-state index in [-0.39, 0.29) is 6.09 Å². The molecular weight excluding hydrogens is 444 g/mol. The lowest BCUT2D eigenvalue weighted by Crippen LogP contribution is -2.39. The third kappa shape index (κ3) is 5.75. The molecule has 0 aliphatic carbocycles. The minimum atomic E-state index is -0.311. The maximum atomic E-state index is 12.5. The monoisotopic (exact) mass is 470 g/mol. The predicted molar refractivity (Wildman–Crippen MR) is 127 cm³/mol. The van der Waals surface area contributed by atoms with Crippen molar-refractivity contribution in [1.29, 1.82) is 0 Å². The van der Waals surface area contributed by atoms with Crippen molar-refractivity contribution in [3.63, 3.8) is 0 Å². The molecule has 3 aromatic rings. The van der Waals surface area contributed by atoms with Crippen LogP contribution in [0.3, 0.4) is 0 Å². The van der Waals surface area contributed by atoms with Gasteiger partial charge >= 0.3 is 6.09 Å². The number of hydrogen-bond donors (Lipinski definition) is 0. The average molecular weight is 471 g/mol. The summed E-state index contributed by atoms with van der Waals surface area (Å²) >= 11 is 3.38. The Kier molecular flexibility index (Phi) is 7.55. The number of thiazole rings is 1. The van der Waals surface area contributed by atoms with Crippen LogP contribution in [0.15, 0.2) is 58.8 Å². The lowest BCUT2D eigenvalue weighted by atomic mass is 9.98. The van der Waals surface area contributed by atoms with Gasteiger partial charge in [-0.2, -0.15) is 0 Å². The van der Waals surface area contributed by atoms with Gasteiger partial charge in [0.15, 0.2) is 0 Å². The third-order valence-corrected chi connectivity index (χ3v) is 7.18. The van der Waals surface area contributed by atoms with Gasteiger partial charge in [0.2, 0.25) is 0 Å². The molecule has 0 spiro atoms. The average Bonchev–Trinajstić information content (AvgIpc) is 3.33. The second-order valence-corrected chi connectivity index (χ2v) is 9.22. The van der Waals surface area contributed by atoms with Gasteiger partial charge < -0.3 is 19.1 Å². The van der Waals surface area contributed by atoms with Crippen LogP contribution in [0.5, 0.6) is 17.2 Å². The molecule has 1 aromatic heterocycles. The zero-order valence-electron chi connectivity index (χ0n) is 18.2. The molecule has 0 radical (unpaired) electrons. The number of benzene rings is 2. The summed E-state index contributed by atoms with van der Waals surface area (Å²) in [6.45, 7) is 1.78. The Bertz CT molecular complexity index is 1010. The highest BCUT2D eigenvalue weighted by atomic mass is 32.2. The van der Waals surface area contributed by atoms with E-state index >= 15 is 0 Å². The van der Waals surface area contributed by atoms with Gasteiger partial charge in [-0.15, -0.1) is 23.1 Å². The first-order valence-electron chi connectivity index (χ1n) is 10.5. The molecule has 0 bridgehead atoms. The number of ether oxygens (including phenoxy) is 3. The molecule has 1 aliphatic heterocycles. The zero-order valence-corrected chi connectivity index (χ0v) is 19.8. The highest BCUT2D eigenvalue weighted by Crippen LogP contribution is 2.31. The fourth-order valence-corrected chi connectivity index (χ4v) is 4.91. The van der Waals surface area contributed by atoms with E-state index in [0.29, 0.717) is 31.4 Å². The van der Waals surface area contributed by atoms with Gasteiger partial charge in [-0.1, -0.05) is 0 Å². The van der Waals surface area contributed by atoms with Gasteiger partial charge in [-0.25, -0.2) is 9.78 Å². The second kappa shape index (κ2) is 10.7. The number of hydrogen-bond acceptors (Lipinski definition) is 7. The lowest BCUT2D eigenvalue weighted by Gasteiger charge is -2.30. The molecule has 0 atom stereocenters. The summed E-state index contributed by atoms with van der Waals surface area (Å²) in [5.74, 6) is 2.46. The van der Waals surface area contributed by atoms with Crippen LogP contribution in [0.2, 0.25) is 0 Å². The van der Waals surface area contributed by atoms with Gasteiger partial charge in [0.25, 0.3) is 0 Å². The summed E-state index contributed by atoms with van der Waals surface area (Å²) in [5, 5.41) is 3.18. The lowest BCUT2D eigenvalue weighted by molar-refractivity contribution is 0.138. The minimum Gasteiger partial charge on any atom is -0.497 e. The molecule has 6 nitrogen and oxygen atoms in total. The fraction of sp³-hybridized carbons (Fsp3) is 0.333. The van der Waals surface area contributed by atoms with Crippen molar-refractivity contribution >= 4 is 29.2 Å². The molecule has 1 aliphatic rings. The molecular formula is C24H26N2O4S2. The molecule has 1 amide bonds. The predicted octanol–water partition coefficient (Wildman–Crippen LogP) is 5.83. The van der Waals surface area contributed by atoms with Crippen molar-refractivity contribution in [3.05, 3.63) is 64.6 Å². The van der Waals surface area contributed by atoms with Crippen LogP contribution in [0.4, 0.5) is 4.79 Å². The number of piperidine rings is 1. The Morgan fingerprint density at radius 1 is 1.06 bits per heavy atom. The van der Waals surface area contributed by atoms with Crippen molar-refractivity contribution in [2.75, 3.05) is 26.5 Å². The molecule has 168 valence electrons. The van der Waals surface area contributed by atoms with Gasteiger partial charge in [-0.3, -0.25) is 0 Å². The number of aromatic nitrogens is 1. The molecule has 4 rings (SSSR count). The number of amides is 1. The van der Waals surface area contributed by atoms with Crippen LogP contribution in [0, 0.1) is 0 Å². The quantitative estimate of drug-likeness (QED) is 0.405. The number of carbonyl (C=O) groups excluding carboxylic acids is 1. The van der Waals surface area contributed by atoms with Crippen LogP contribution < -0.4 is 14.2 Å². The number of carbonyl (C=O) groups is 1. The molecule has 2 heterocycles. The molecule has 8 heteroatoms.